The molecule has 136 valence electrons. The first-order chi connectivity index (χ1) is 12.4. The van der Waals surface area contributed by atoms with Crippen LogP contribution >= 0.6 is 0 Å². The summed E-state index contributed by atoms with van der Waals surface area (Å²) in [5.74, 6) is 1.35. The summed E-state index contributed by atoms with van der Waals surface area (Å²) < 4.78 is 6.66. The van der Waals surface area contributed by atoms with E-state index in [1.165, 1.54) is 4.68 Å². The van der Waals surface area contributed by atoms with Crippen molar-refractivity contribution in [2.24, 2.45) is 0 Å². The van der Waals surface area contributed by atoms with Gasteiger partial charge in [-0.25, -0.2) is 4.68 Å². The molecule has 1 amide bonds. The van der Waals surface area contributed by atoms with Gasteiger partial charge in [-0.2, -0.15) is 0 Å². The number of furan rings is 1. The van der Waals surface area contributed by atoms with Crippen LogP contribution in [-0.2, 0) is 11.3 Å². The van der Waals surface area contributed by atoms with Crippen molar-refractivity contribution in [3.63, 3.8) is 0 Å². The lowest BCUT2D eigenvalue weighted by Crippen LogP contribution is -2.33. The number of carbonyl (C=O) groups is 1. The van der Waals surface area contributed by atoms with Crippen LogP contribution in [0, 0.1) is 13.8 Å². The average molecular weight is 355 g/mol. The quantitative estimate of drug-likeness (QED) is 0.733. The van der Waals surface area contributed by atoms with E-state index in [0.717, 1.165) is 17.1 Å². The summed E-state index contributed by atoms with van der Waals surface area (Å²) in [4.78, 5) is 36.7. The fourth-order valence-electron chi connectivity index (χ4n) is 3.09. The molecule has 7 nitrogen and oxygen atoms in total. The van der Waals surface area contributed by atoms with Crippen LogP contribution < -0.4 is 16.4 Å². The Morgan fingerprint density at radius 1 is 1.23 bits per heavy atom. The normalized spacial score (nSPS) is 12.3. The first-order valence-electron chi connectivity index (χ1n) is 8.45. The molecule has 7 heteroatoms. The van der Waals surface area contributed by atoms with Crippen molar-refractivity contribution in [1.29, 1.82) is 0 Å². The van der Waals surface area contributed by atoms with E-state index in [1.807, 2.05) is 26.8 Å². The Kier molecular flexibility index (Phi) is 4.79. The largest absolute Gasteiger partial charge is 0.466 e. The maximum absolute atomic E-state index is 12.4. The van der Waals surface area contributed by atoms with Crippen LogP contribution in [0.25, 0.3) is 10.8 Å². The minimum Gasteiger partial charge on any atom is -0.466 e. The van der Waals surface area contributed by atoms with Crippen molar-refractivity contribution in [3.8, 4) is 0 Å². The number of H-pyrrole nitrogens is 1. The minimum atomic E-state index is -0.349. The van der Waals surface area contributed by atoms with E-state index in [9.17, 15) is 14.4 Å². The summed E-state index contributed by atoms with van der Waals surface area (Å²) in [7, 11) is 0. The molecule has 0 aliphatic rings. The van der Waals surface area contributed by atoms with Crippen LogP contribution in [0.2, 0.25) is 0 Å². The second-order valence-electron chi connectivity index (χ2n) is 6.35. The molecule has 0 radical (unpaired) electrons. The number of amides is 1. The standard InChI is InChI=1S/C19H21N3O4/c1-11-10-16(13(3)26-11)12(2)20-17(23)8-9-22-19(25)15-7-5-4-6-14(15)18(24)21-22/h4-7,10,12H,8-9H2,1-3H3,(H,20,23)(H,21,24). The Hall–Kier alpha value is -3.09. The van der Waals surface area contributed by atoms with Gasteiger partial charge in [0.15, 0.2) is 0 Å². The van der Waals surface area contributed by atoms with Gasteiger partial charge >= 0.3 is 0 Å². The van der Waals surface area contributed by atoms with Gasteiger partial charge in [-0.1, -0.05) is 12.1 Å². The molecule has 0 fully saturated rings. The summed E-state index contributed by atoms with van der Waals surface area (Å²) in [6, 6.07) is 8.31. The molecule has 1 atom stereocenters. The lowest BCUT2D eigenvalue weighted by atomic mass is 10.1. The lowest BCUT2D eigenvalue weighted by molar-refractivity contribution is -0.122. The van der Waals surface area contributed by atoms with Gasteiger partial charge in [0.05, 0.1) is 23.4 Å². The zero-order valence-electron chi connectivity index (χ0n) is 15.0. The third-order valence-corrected chi connectivity index (χ3v) is 4.37. The van der Waals surface area contributed by atoms with E-state index in [0.29, 0.717) is 10.8 Å². The molecule has 0 saturated heterocycles. The fraction of sp³-hybridized carbons (Fsp3) is 0.316. The predicted molar refractivity (Wildman–Crippen MR) is 98.2 cm³/mol. The van der Waals surface area contributed by atoms with Gasteiger partial charge in [0.1, 0.15) is 11.5 Å². The van der Waals surface area contributed by atoms with Gasteiger partial charge in [0, 0.05) is 12.0 Å². The van der Waals surface area contributed by atoms with Gasteiger partial charge < -0.3 is 9.73 Å². The lowest BCUT2D eigenvalue weighted by Gasteiger charge is -2.13. The molecule has 1 aromatic carbocycles. The monoisotopic (exact) mass is 355 g/mol. The first-order valence-corrected chi connectivity index (χ1v) is 8.45. The summed E-state index contributed by atoms with van der Waals surface area (Å²) in [6.07, 6.45) is 0.0778. The number of nitrogens with zero attached hydrogens (tertiary/aromatic N) is 1. The van der Waals surface area contributed by atoms with Gasteiger partial charge in [-0.3, -0.25) is 19.5 Å². The molecule has 0 aliphatic heterocycles. The van der Waals surface area contributed by atoms with E-state index in [2.05, 4.69) is 10.4 Å². The number of carbonyl (C=O) groups excluding carboxylic acids is 1. The van der Waals surface area contributed by atoms with Gasteiger partial charge in [-0.15, -0.1) is 0 Å². The molecular weight excluding hydrogens is 334 g/mol. The molecule has 1 unspecified atom stereocenters. The molecule has 2 heterocycles. The van der Waals surface area contributed by atoms with Crippen molar-refractivity contribution >= 4 is 16.7 Å². The number of rotatable bonds is 5. The number of benzene rings is 1. The number of aromatic nitrogens is 2. The molecule has 2 aromatic heterocycles. The maximum Gasteiger partial charge on any atom is 0.273 e. The number of aromatic amines is 1. The molecule has 0 spiro atoms. The Labute approximate surface area is 149 Å². The van der Waals surface area contributed by atoms with Crippen molar-refractivity contribution in [3.05, 3.63) is 68.1 Å². The molecular formula is C19H21N3O4. The van der Waals surface area contributed by atoms with Crippen molar-refractivity contribution < 1.29 is 9.21 Å². The van der Waals surface area contributed by atoms with Gasteiger partial charge in [0.25, 0.3) is 11.1 Å². The van der Waals surface area contributed by atoms with Crippen LogP contribution in [0.1, 0.15) is 36.5 Å². The highest BCUT2D eigenvalue weighted by Gasteiger charge is 2.15. The Balaban J connectivity index is 1.71. The second-order valence-corrected chi connectivity index (χ2v) is 6.35. The van der Waals surface area contributed by atoms with Gasteiger partial charge in [0.2, 0.25) is 5.91 Å². The molecule has 2 N–H and O–H groups in total. The molecule has 3 aromatic rings. The second kappa shape index (κ2) is 7.03. The first kappa shape index (κ1) is 17.7. The summed E-state index contributed by atoms with van der Waals surface area (Å²) >= 11 is 0. The highest BCUT2D eigenvalue weighted by molar-refractivity contribution is 5.80. The van der Waals surface area contributed by atoms with Gasteiger partial charge in [-0.05, 0) is 39.0 Å². The van der Waals surface area contributed by atoms with E-state index >= 15 is 0 Å². The summed E-state index contributed by atoms with van der Waals surface area (Å²) in [6.45, 7) is 5.68. The Bertz CT molecular complexity index is 1070. The zero-order valence-corrected chi connectivity index (χ0v) is 15.0. The third-order valence-electron chi connectivity index (χ3n) is 4.37. The van der Waals surface area contributed by atoms with Crippen molar-refractivity contribution in [1.82, 2.24) is 15.1 Å². The van der Waals surface area contributed by atoms with E-state index in [1.54, 1.807) is 24.3 Å². The third kappa shape index (κ3) is 3.46. The van der Waals surface area contributed by atoms with Crippen LogP contribution in [0.5, 0.6) is 0 Å². The van der Waals surface area contributed by atoms with Crippen molar-refractivity contribution in [2.45, 2.75) is 39.8 Å². The van der Waals surface area contributed by atoms with Crippen LogP contribution in [0.15, 0.2) is 44.3 Å². The van der Waals surface area contributed by atoms with Crippen LogP contribution in [0.4, 0.5) is 0 Å². The number of hydrogen-bond acceptors (Lipinski definition) is 4. The van der Waals surface area contributed by atoms with E-state index in [-0.39, 0.29) is 36.0 Å². The van der Waals surface area contributed by atoms with E-state index in [4.69, 9.17) is 4.42 Å². The highest BCUT2D eigenvalue weighted by atomic mass is 16.3. The number of hydrogen-bond donors (Lipinski definition) is 2. The predicted octanol–water partition coefficient (Wildman–Crippen LogP) is 2.17. The van der Waals surface area contributed by atoms with Crippen molar-refractivity contribution in [2.75, 3.05) is 0 Å². The topological polar surface area (TPSA) is 97.1 Å². The summed E-state index contributed by atoms with van der Waals surface area (Å²) in [5.41, 5.74) is 0.257. The van der Waals surface area contributed by atoms with Crippen LogP contribution in [0.3, 0.4) is 0 Å². The molecule has 3 rings (SSSR count). The molecule has 0 aliphatic carbocycles. The average Bonchev–Trinajstić information content (AvgIpc) is 2.95. The number of fused-ring (bicyclic) bond motifs is 1. The fourth-order valence-corrected chi connectivity index (χ4v) is 3.09. The SMILES string of the molecule is Cc1cc(C(C)NC(=O)CCn2[nH]c(=O)c3ccccc3c2=O)c(C)o1. The molecule has 0 bridgehead atoms. The minimum absolute atomic E-state index is 0.0778. The number of nitrogens with one attached hydrogen (secondary N) is 2. The summed E-state index contributed by atoms with van der Waals surface area (Å²) in [5, 5.41) is 6.10. The number of aryl methyl sites for hydroxylation is 3. The maximum atomic E-state index is 12.4. The van der Waals surface area contributed by atoms with Crippen LogP contribution in [-0.4, -0.2) is 15.7 Å². The Morgan fingerprint density at radius 2 is 1.92 bits per heavy atom. The molecule has 26 heavy (non-hydrogen) atoms. The smallest absolute Gasteiger partial charge is 0.273 e. The van der Waals surface area contributed by atoms with E-state index < -0.39 is 0 Å². The zero-order chi connectivity index (χ0) is 18.8. The Morgan fingerprint density at radius 3 is 2.58 bits per heavy atom. The molecule has 0 saturated carbocycles. The highest BCUT2D eigenvalue weighted by Crippen LogP contribution is 2.21.